The van der Waals surface area contributed by atoms with E-state index in [1.165, 1.54) is 18.3 Å². The van der Waals surface area contributed by atoms with E-state index in [2.05, 4.69) is 5.10 Å². The van der Waals surface area contributed by atoms with Crippen LogP contribution >= 0.6 is 23.2 Å². The van der Waals surface area contributed by atoms with Crippen LogP contribution in [0.15, 0.2) is 23.1 Å². The van der Waals surface area contributed by atoms with Gasteiger partial charge in [-0.1, -0.05) is 23.2 Å². The molecule has 1 aromatic carbocycles. The van der Waals surface area contributed by atoms with E-state index in [1.54, 1.807) is 0 Å². The number of benzene rings is 1. The van der Waals surface area contributed by atoms with Gasteiger partial charge >= 0.3 is 0 Å². The largest absolute Gasteiger partial charge is 0.467 e. The summed E-state index contributed by atoms with van der Waals surface area (Å²) in [5.74, 6) is 0.0633. The van der Waals surface area contributed by atoms with Crippen molar-refractivity contribution in [3.05, 3.63) is 55.7 Å². The molecule has 0 saturated heterocycles. The molecule has 1 aromatic heterocycles. The molecule has 0 spiro atoms. The van der Waals surface area contributed by atoms with Gasteiger partial charge in [-0.15, -0.1) is 0 Å². The summed E-state index contributed by atoms with van der Waals surface area (Å²) in [6.45, 7) is 0.356. The van der Waals surface area contributed by atoms with E-state index in [1.807, 2.05) is 0 Å². The summed E-state index contributed by atoms with van der Waals surface area (Å²) in [5, 5.41) is 3.84. The maximum atomic E-state index is 13.6. The van der Waals surface area contributed by atoms with Gasteiger partial charge in [0.25, 0.3) is 5.56 Å². The van der Waals surface area contributed by atoms with Gasteiger partial charge in [-0.3, -0.25) is 4.79 Å². The van der Waals surface area contributed by atoms with Crippen molar-refractivity contribution in [3.8, 4) is 5.75 Å². The fourth-order valence-electron chi connectivity index (χ4n) is 2.09. The van der Waals surface area contributed by atoms with Crippen molar-refractivity contribution in [3.63, 3.8) is 0 Å². The lowest BCUT2D eigenvalue weighted by Gasteiger charge is -2.21. The molecule has 0 radical (unpaired) electrons. The Morgan fingerprint density at radius 3 is 3.00 bits per heavy atom. The highest BCUT2D eigenvalue weighted by atomic mass is 35.5. The first-order valence-corrected chi connectivity index (χ1v) is 6.75. The third-order valence-electron chi connectivity index (χ3n) is 3.01. The lowest BCUT2D eigenvalue weighted by molar-refractivity contribution is -0.0173. The van der Waals surface area contributed by atoms with Gasteiger partial charge in [-0.2, -0.15) is 5.10 Å². The predicted octanol–water partition coefficient (Wildman–Crippen LogP) is 2.60. The molecule has 2 aromatic rings. The zero-order valence-corrected chi connectivity index (χ0v) is 12.1. The van der Waals surface area contributed by atoms with Gasteiger partial charge in [0.1, 0.15) is 16.6 Å². The van der Waals surface area contributed by atoms with Crippen LogP contribution in [0, 0.1) is 5.82 Å². The molecule has 0 aliphatic carbocycles. The van der Waals surface area contributed by atoms with Crippen LogP contribution in [0.2, 0.25) is 10.0 Å². The van der Waals surface area contributed by atoms with Crippen molar-refractivity contribution in [1.29, 1.82) is 0 Å². The smallest absolute Gasteiger partial charge is 0.287 e. The van der Waals surface area contributed by atoms with E-state index in [-0.39, 0.29) is 30.0 Å². The van der Waals surface area contributed by atoms with Crippen molar-refractivity contribution in [1.82, 2.24) is 9.78 Å². The normalized spacial score (nSPS) is 13.7. The van der Waals surface area contributed by atoms with E-state index < -0.39 is 11.4 Å². The molecule has 0 bridgehead atoms. The Morgan fingerprint density at radius 1 is 1.38 bits per heavy atom. The van der Waals surface area contributed by atoms with Crippen LogP contribution in [0.25, 0.3) is 0 Å². The highest BCUT2D eigenvalue weighted by Crippen LogP contribution is 2.29. The number of halogens is 3. The quantitative estimate of drug-likeness (QED) is 0.849. The molecule has 0 N–H and O–H groups in total. The lowest BCUT2D eigenvalue weighted by atomic mass is 10.1. The van der Waals surface area contributed by atoms with Crippen LogP contribution in [0.4, 0.5) is 4.39 Å². The van der Waals surface area contributed by atoms with Crippen LogP contribution in [0.1, 0.15) is 11.1 Å². The van der Waals surface area contributed by atoms with Crippen molar-refractivity contribution in [2.45, 2.75) is 13.2 Å². The Hall–Kier alpha value is -1.63. The highest BCUT2D eigenvalue weighted by molar-refractivity contribution is 6.41. The average molecular weight is 331 g/mol. The molecule has 0 fully saturated rings. The Labute approximate surface area is 128 Å². The molecule has 3 rings (SSSR count). The van der Waals surface area contributed by atoms with Crippen molar-refractivity contribution < 1.29 is 13.9 Å². The first-order chi connectivity index (χ1) is 10.1. The van der Waals surface area contributed by atoms with Gasteiger partial charge < -0.3 is 9.47 Å². The Balaban J connectivity index is 2.05. The molecule has 2 heterocycles. The minimum Gasteiger partial charge on any atom is -0.467 e. The maximum absolute atomic E-state index is 13.6. The Kier molecular flexibility index (Phi) is 3.84. The van der Waals surface area contributed by atoms with Crippen molar-refractivity contribution in [2.24, 2.45) is 0 Å². The van der Waals surface area contributed by atoms with Gasteiger partial charge in [-0.25, -0.2) is 9.07 Å². The first-order valence-electron chi connectivity index (χ1n) is 5.99. The number of fused-ring (bicyclic) bond motifs is 1. The maximum Gasteiger partial charge on any atom is 0.287 e. The van der Waals surface area contributed by atoms with Crippen LogP contribution in [-0.4, -0.2) is 16.6 Å². The minimum atomic E-state index is -0.547. The fraction of sp³-hybridized carbons (Fsp3) is 0.231. The van der Waals surface area contributed by atoms with E-state index in [4.69, 9.17) is 32.7 Å². The van der Waals surface area contributed by atoms with E-state index in [0.29, 0.717) is 16.9 Å². The second-order valence-electron chi connectivity index (χ2n) is 4.43. The summed E-state index contributed by atoms with van der Waals surface area (Å²) in [4.78, 5) is 12.0. The fourth-order valence-corrected chi connectivity index (χ4v) is 2.36. The standard InChI is InChI=1S/C13H9Cl2FN2O3/c14-10-3-17-18(13(19)11(10)15)4-7-1-9(16)2-8-5-20-6-21-12(7)8/h1-3H,4-6H2. The molecule has 5 nitrogen and oxygen atoms in total. The van der Waals surface area contributed by atoms with Crippen LogP contribution < -0.4 is 10.3 Å². The number of rotatable bonds is 2. The molecule has 0 unspecified atom stereocenters. The molecule has 1 aliphatic rings. The Bertz CT molecular complexity index is 764. The number of nitrogens with zero attached hydrogens (tertiary/aromatic N) is 2. The SMILES string of the molecule is O=c1c(Cl)c(Cl)cnn1Cc1cc(F)cc2c1OCOC2. The molecule has 1 aliphatic heterocycles. The summed E-state index contributed by atoms with van der Waals surface area (Å²) in [7, 11) is 0. The molecule has 8 heteroatoms. The van der Waals surface area contributed by atoms with Gasteiger partial charge in [-0.05, 0) is 12.1 Å². The van der Waals surface area contributed by atoms with E-state index in [0.717, 1.165) is 4.68 Å². The van der Waals surface area contributed by atoms with Crippen molar-refractivity contribution in [2.75, 3.05) is 6.79 Å². The van der Waals surface area contributed by atoms with Gasteiger partial charge in [0.2, 0.25) is 0 Å². The number of hydrogen-bond acceptors (Lipinski definition) is 4. The monoisotopic (exact) mass is 330 g/mol. The summed E-state index contributed by atoms with van der Waals surface area (Å²) in [6, 6.07) is 2.63. The topological polar surface area (TPSA) is 53.4 Å². The van der Waals surface area contributed by atoms with Gasteiger partial charge in [0, 0.05) is 11.1 Å². The predicted molar refractivity (Wildman–Crippen MR) is 74.3 cm³/mol. The van der Waals surface area contributed by atoms with E-state index >= 15 is 0 Å². The molecule has 21 heavy (non-hydrogen) atoms. The lowest BCUT2D eigenvalue weighted by Crippen LogP contribution is -2.25. The molecule has 110 valence electrons. The Morgan fingerprint density at radius 2 is 2.19 bits per heavy atom. The number of ether oxygens (including phenoxy) is 2. The molecular formula is C13H9Cl2FN2O3. The van der Waals surface area contributed by atoms with Gasteiger partial charge in [0.15, 0.2) is 6.79 Å². The van der Waals surface area contributed by atoms with E-state index in [9.17, 15) is 9.18 Å². The summed E-state index contributed by atoms with van der Waals surface area (Å²) < 4.78 is 25.2. The number of aromatic nitrogens is 2. The first kappa shape index (κ1) is 14.3. The highest BCUT2D eigenvalue weighted by Gasteiger charge is 2.18. The molecule has 0 atom stereocenters. The second kappa shape index (κ2) is 5.63. The van der Waals surface area contributed by atoms with Crippen LogP contribution in [0.3, 0.4) is 0 Å². The molecular weight excluding hydrogens is 322 g/mol. The summed E-state index contributed by atoms with van der Waals surface area (Å²) in [5.41, 5.74) is 0.528. The zero-order chi connectivity index (χ0) is 15.0. The zero-order valence-electron chi connectivity index (χ0n) is 10.6. The summed E-state index contributed by atoms with van der Waals surface area (Å²) >= 11 is 11.5. The molecule has 0 saturated carbocycles. The van der Waals surface area contributed by atoms with Crippen LogP contribution in [-0.2, 0) is 17.9 Å². The van der Waals surface area contributed by atoms with Crippen LogP contribution in [0.5, 0.6) is 5.75 Å². The molecule has 0 amide bonds. The third kappa shape index (κ3) is 2.74. The summed E-state index contributed by atoms with van der Waals surface area (Å²) in [6.07, 6.45) is 1.26. The van der Waals surface area contributed by atoms with Gasteiger partial charge in [0.05, 0.1) is 24.4 Å². The number of hydrogen-bond donors (Lipinski definition) is 0. The minimum absolute atomic E-state index is 0.0236. The third-order valence-corrected chi connectivity index (χ3v) is 3.76. The average Bonchev–Trinajstić information content (AvgIpc) is 2.47. The van der Waals surface area contributed by atoms with Crippen molar-refractivity contribution >= 4 is 23.2 Å². The second-order valence-corrected chi connectivity index (χ2v) is 5.22.